The minimum absolute atomic E-state index is 0.0235. The minimum atomic E-state index is -0.598. The predicted octanol–water partition coefficient (Wildman–Crippen LogP) is 1.81. The van der Waals surface area contributed by atoms with Gasteiger partial charge in [0.05, 0.1) is 6.10 Å². The summed E-state index contributed by atoms with van der Waals surface area (Å²) in [5.41, 5.74) is 8.51. The Morgan fingerprint density at radius 1 is 1.39 bits per heavy atom. The number of hydrogen-bond acceptors (Lipinski definition) is 6. The van der Waals surface area contributed by atoms with E-state index in [1.807, 2.05) is 19.9 Å². The van der Waals surface area contributed by atoms with Gasteiger partial charge in [-0.1, -0.05) is 32.1 Å². The summed E-state index contributed by atoms with van der Waals surface area (Å²) in [6, 6.07) is -0.598. The molecule has 154 valence electrons. The number of carbonyl (C=O) groups excluding carboxylic acids is 1. The molecule has 3 unspecified atom stereocenters. The molecule has 0 aromatic rings. The number of nitrogens with two attached hydrogens (primary N) is 1. The van der Waals surface area contributed by atoms with Crippen molar-refractivity contribution in [3.8, 4) is 0 Å². The highest BCUT2D eigenvalue weighted by Gasteiger charge is 2.57. The highest BCUT2D eigenvalue weighted by atomic mass is 16.6. The van der Waals surface area contributed by atoms with Crippen molar-refractivity contribution in [3.05, 3.63) is 35.5 Å². The van der Waals surface area contributed by atoms with Gasteiger partial charge in [-0.2, -0.15) is 0 Å². The summed E-state index contributed by atoms with van der Waals surface area (Å²) in [6.07, 6.45) is 9.78. The topological polar surface area (TPSA) is 74.0 Å². The highest BCUT2D eigenvalue weighted by molar-refractivity contribution is 5.76. The van der Waals surface area contributed by atoms with Crippen LogP contribution in [0.1, 0.15) is 26.7 Å². The van der Waals surface area contributed by atoms with Crippen molar-refractivity contribution in [1.82, 2.24) is 4.90 Å². The predicted molar refractivity (Wildman–Crippen MR) is 107 cm³/mol. The van der Waals surface area contributed by atoms with E-state index in [1.54, 1.807) is 7.11 Å². The van der Waals surface area contributed by atoms with Gasteiger partial charge >= 0.3 is 5.97 Å². The van der Waals surface area contributed by atoms with Gasteiger partial charge in [-0.3, -0.25) is 4.79 Å². The van der Waals surface area contributed by atoms with Crippen molar-refractivity contribution in [1.29, 1.82) is 0 Å². The molecule has 2 N–H and O–H groups in total. The summed E-state index contributed by atoms with van der Waals surface area (Å²) in [6.45, 7) is 5.77. The molecule has 4 aliphatic rings. The molecule has 1 fully saturated rings. The SMILES string of the molecule is COC1C=CC2=C3C1O[C@H]1C[C@@H](OC(=O)C(N)C(C)C)C=C[C@@]31CCN(C)C2. The van der Waals surface area contributed by atoms with Crippen molar-refractivity contribution in [3.63, 3.8) is 0 Å². The molecule has 0 amide bonds. The summed E-state index contributed by atoms with van der Waals surface area (Å²) >= 11 is 0. The highest BCUT2D eigenvalue weighted by Crippen LogP contribution is 2.55. The summed E-state index contributed by atoms with van der Waals surface area (Å²) < 4.78 is 18.0. The van der Waals surface area contributed by atoms with Crippen LogP contribution in [-0.4, -0.2) is 68.6 Å². The number of likely N-dealkylation sites (N-methyl/N-ethyl adjacent to an activating group) is 1. The molecule has 6 nitrogen and oxygen atoms in total. The lowest BCUT2D eigenvalue weighted by molar-refractivity contribution is -0.152. The Labute approximate surface area is 167 Å². The van der Waals surface area contributed by atoms with Crippen LogP contribution in [-0.2, 0) is 19.0 Å². The van der Waals surface area contributed by atoms with Crippen LogP contribution < -0.4 is 5.73 Å². The molecule has 2 heterocycles. The molecule has 2 aliphatic carbocycles. The molecule has 0 bridgehead atoms. The van der Waals surface area contributed by atoms with E-state index in [1.165, 1.54) is 11.1 Å². The zero-order valence-corrected chi connectivity index (χ0v) is 17.3. The van der Waals surface area contributed by atoms with Crippen LogP contribution in [0, 0.1) is 11.3 Å². The fourth-order valence-electron chi connectivity index (χ4n) is 5.01. The second kappa shape index (κ2) is 7.41. The van der Waals surface area contributed by atoms with Crippen molar-refractivity contribution >= 4 is 5.97 Å². The van der Waals surface area contributed by atoms with Gasteiger partial charge in [-0.25, -0.2) is 0 Å². The Balaban J connectivity index is 1.63. The molecular weight excluding hydrogens is 356 g/mol. The van der Waals surface area contributed by atoms with Gasteiger partial charge in [0.25, 0.3) is 0 Å². The lowest BCUT2D eigenvalue weighted by atomic mass is 9.66. The van der Waals surface area contributed by atoms with E-state index >= 15 is 0 Å². The van der Waals surface area contributed by atoms with Crippen molar-refractivity contribution in [2.75, 3.05) is 27.2 Å². The van der Waals surface area contributed by atoms with Gasteiger partial charge in [0.2, 0.25) is 0 Å². The molecule has 28 heavy (non-hydrogen) atoms. The van der Waals surface area contributed by atoms with Crippen LogP contribution >= 0.6 is 0 Å². The number of ether oxygens (including phenoxy) is 3. The van der Waals surface area contributed by atoms with Crippen LogP contribution in [0.5, 0.6) is 0 Å². The van der Waals surface area contributed by atoms with Gasteiger partial charge < -0.3 is 24.8 Å². The zero-order valence-electron chi connectivity index (χ0n) is 17.3. The molecule has 0 radical (unpaired) electrons. The molecule has 4 rings (SSSR count). The van der Waals surface area contributed by atoms with Crippen LogP contribution in [0.4, 0.5) is 0 Å². The largest absolute Gasteiger partial charge is 0.457 e. The number of methoxy groups -OCH3 is 1. The summed E-state index contributed by atoms with van der Waals surface area (Å²) in [5.74, 6) is -0.288. The Morgan fingerprint density at radius 3 is 2.89 bits per heavy atom. The van der Waals surface area contributed by atoms with Gasteiger partial charge in [-0.05, 0) is 43.2 Å². The quantitative estimate of drug-likeness (QED) is 0.585. The molecule has 0 aromatic heterocycles. The zero-order chi connectivity index (χ0) is 20.1. The van der Waals surface area contributed by atoms with Gasteiger partial charge in [0, 0.05) is 25.5 Å². The molecule has 1 saturated heterocycles. The van der Waals surface area contributed by atoms with E-state index in [2.05, 4.69) is 30.2 Å². The molecule has 1 spiro atoms. The van der Waals surface area contributed by atoms with E-state index in [-0.39, 0.29) is 41.7 Å². The first-order chi connectivity index (χ1) is 13.4. The first kappa shape index (κ1) is 19.8. The summed E-state index contributed by atoms with van der Waals surface area (Å²) in [7, 11) is 3.89. The van der Waals surface area contributed by atoms with Crippen molar-refractivity contribution in [2.24, 2.45) is 17.1 Å². The number of esters is 1. The first-order valence-electron chi connectivity index (χ1n) is 10.3. The van der Waals surface area contributed by atoms with E-state index < -0.39 is 6.04 Å². The second-order valence-electron chi connectivity index (χ2n) is 8.91. The van der Waals surface area contributed by atoms with Gasteiger partial charge in [-0.15, -0.1) is 0 Å². The van der Waals surface area contributed by atoms with Crippen LogP contribution in [0.15, 0.2) is 35.5 Å². The van der Waals surface area contributed by atoms with Gasteiger partial charge in [0.15, 0.2) is 0 Å². The summed E-state index contributed by atoms with van der Waals surface area (Å²) in [4.78, 5) is 14.7. The maximum atomic E-state index is 12.3. The average Bonchev–Trinajstić information content (AvgIpc) is 2.93. The number of nitrogens with zero attached hydrogens (tertiary/aromatic N) is 1. The standard InChI is InChI=1S/C22H32N2O4/c1-13(2)19(23)21(25)27-15-7-8-22-9-10-24(3)12-14-5-6-16(26-4)20(18(14)22)28-17(22)11-15/h5-8,13,15-17,19-20H,9-12,23H2,1-4H3/t15-,16?,17-,19?,20?,22-/m0/s1. The third kappa shape index (κ3) is 3.16. The maximum absolute atomic E-state index is 12.3. The molecule has 0 aromatic carbocycles. The second-order valence-corrected chi connectivity index (χ2v) is 8.91. The van der Waals surface area contributed by atoms with Crippen molar-refractivity contribution < 1.29 is 19.0 Å². The molecule has 2 aliphatic heterocycles. The molecule has 6 heteroatoms. The van der Waals surface area contributed by atoms with Crippen LogP contribution in [0.25, 0.3) is 0 Å². The Morgan fingerprint density at radius 2 is 2.18 bits per heavy atom. The fourth-order valence-corrected chi connectivity index (χ4v) is 5.01. The minimum Gasteiger partial charge on any atom is -0.457 e. The lowest BCUT2D eigenvalue weighted by Gasteiger charge is -2.38. The van der Waals surface area contributed by atoms with Gasteiger partial charge in [0.1, 0.15) is 24.4 Å². The van der Waals surface area contributed by atoms with E-state index in [4.69, 9.17) is 19.9 Å². The van der Waals surface area contributed by atoms with E-state index in [9.17, 15) is 4.79 Å². The number of hydrogen-bond donors (Lipinski definition) is 1. The third-order valence-electron chi connectivity index (χ3n) is 6.74. The third-order valence-corrected chi connectivity index (χ3v) is 6.74. The Kier molecular flexibility index (Phi) is 5.25. The Hall–Kier alpha value is -1.47. The maximum Gasteiger partial charge on any atom is 0.323 e. The molecule has 0 saturated carbocycles. The van der Waals surface area contributed by atoms with Crippen molar-refractivity contribution in [2.45, 2.75) is 57.1 Å². The van der Waals surface area contributed by atoms with Crippen LogP contribution in [0.2, 0.25) is 0 Å². The number of rotatable bonds is 4. The Bertz CT molecular complexity index is 728. The fraction of sp³-hybridized carbons (Fsp3) is 0.682. The normalized spacial score (nSPS) is 38.2. The summed E-state index contributed by atoms with van der Waals surface area (Å²) in [5, 5.41) is 0. The molecular formula is C22H32N2O4. The van der Waals surface area contributed by atoms with Crippen LogP contribution in [0.3, 0.4) is 0 Å². The van der Waals surface area contributed by atoms with E-state index in [0.717, 1.165) is 19.5 Å². The first-order valence-corrected chi connectivity index (χ1v) is 10.3. The monoisotopic (exact) mass is 388 g/mol. The number of carbonyl (C=O) groups is 1. The molecule has 6 atom stereocenters. The lowest BCUT2D eigenvalue weighted by Crippen LogP contribution is -2.43. The average molecular weight is 389 g/mol. The van der Waals surface area contributed by atoms with E-state index in [0.29, 0.717) is 6.42 Å². The smallest absolute Gasteiger partial charge is 0.323 e.